The molecule has 1 fully saturated rings. The molecule has 9 heteroatoms. The Morgan fingerprint density at radius 3 is 2.93 bits per heavy atom. The predicted molar refractivity (Wildman–Crippen MR) is 94.6 cm³/mol. The van der Waals surface area contributed by atoms with E-state index in [1.165, 1.54) is 0 Å². The fourth-order valence-corrected chi connectivity index (χ4v) is 3.14. The minimum Gasteiger partial charge on any atom is -0.419 e. The molecule has 140 valence electrons. The lowest BCUT2D eigenvalue weighted by atomic mass is 9.98. The first-order valence-electron chi connectivity index (χ1n) is 8.90. The Hall–Kier alpha value is -3.23. The normalized spacial score (nSPS) is 17.1. The summed E-state index contributed by atoms with van der Waals surface area (Å²) in [6.07, 6.45) is 1.83. The molecule has 0 saturated carbocycles. The third kappa shape index (κ3) is 3.97. The average Bonchev–Trinajstić information content (AvgIpc) is 3.36. The number of urea groups is 1. The highest BCUT2D eigenvalue weighted by Gasteiger charge is 2.27. The highest BCUT2D eigenvalue weighted by atomic mass is 16.5. The van der Waals surface area contributed by atoms with Crippen LogP contribution in [0, 0.1) is 6.92 Å². The summed E-state index contributed by atoms with van der Waals surface area (Å²) in [7, 11) is 0. The van der Waals surface area contributed by atoms with Gasteiger partial charge < -0.3 is 19.2 Å². The van der Waals surface area contributed by atoms with Crippen molar-refractivity contribution >= 4 is 6.03 Å². The van der Waals surface area contributed by atoms with Crippen LogP contribution < -0.4 is 5.32 Å². The second kappa shape index (κ2) is 7.56. The van der Waals surface area contributed by atoms with Crippen molar-refractivity contribution in [2.45, 2.75) is 32.2 Å². The summed E-state index contributed by atoms with van der Waals surface area (Å²) in [5.41, 5.74) is 0.844. The first-order chi connectivity index (χ1) is 13.2. The summed E-state index contributed by atoms with van der Waals surface area (Å²) < 4.78 is 10.7. The molecule has 3 heterocycles. The maximum absolute atomic E-state index is 12.5. The standard InChI is InChI=1S/C18H20N6O3/c1-12-20-16(23-27-12)14-8-5-9-24(11-14)18(25)19-10-15-21-22-17(26-15)13-6-3-2-4-7-13/h2-4,6-7,14H,5,8-11H2,1H3,(H,19,25)/t14-/m1/s1. The van der Waals surface area contributed by atoms with Gasteiger partial charge in [0.05, 0.1) is 6.54 Å². The van der Waals surface area contributed by atoms with Crippen LogP contribution in [-0.4, -0.2) is 44.4 Å². The average molecular weight is 368 g/mol. The van der Waals surface area contributed by atoms with Gasteiger partial charge in [-0.2, -0.15) is 4.98 Å². The number of nitrogens with zero attached hydrogens (tertiary/aromatic N) is 5. The number of benzene rings is 1. The van der Waals surface area contributed by atoms with Crippen molar-refractivity contribution in [3.8, 4) is 11.5 Å². The summed E-state index contributed by atoms with van der Waals surface area (Å²) in [5, 5.41) is 14.8. The van der Waals surface area contributed by atoms with Crippen LogP contribution in [0.3, 0.4) is 0 Å². The van der Waals surface area contributed by atoms with Crippen molar-refractivity contribution in [1.82, 2.24) is 30.6 Å². The Morgan fingerprint density at radius 2 is 2.15 bits per heavy atom. The lowest BCUT2D eigenvalue weighted by Gasteiger charge is -2.31. The zero-order chi connectivity index (χ0) is 18.6. The molecule has 2 aromatic heterocycles. The quantitative estimate of drug-likeness (QED) is 0.753. The van der Waals surface area contributed by atoms with Crippen molar-refractivity contribution in [2.75, 3.05) is 13.1 Å². The van der Waals surface area contributed by atoms with Crippen molar-refractivity contribution in [2.24, 2.45) is 0 Å². The molecule has 1 saturated heterocycles. The van der Waals surface area contributed by atoms with Crippen LogP contribution in [0.25, 0.3) is 11.5 Å². The molecule has 1 N–H and O–H groups in total. The number of hydrogen-bond acceptors (Lipinski definition) is 7. The van der Waals surface area contributed by atoms with Gasteiger partial charge in [-0.25, -0.2) is 4.79 Å². The topological polar surface area (TPSA) is 110 Å². The monoisotopic (exact) mass is 368 g/mol. The van der Waals surface area contributed by atoms with E-state index in [2.05, 4.69) is 25.7 Å². The van der Waals surface area contributed by atoms with Gasteiger partial charge in [0, 0.05) is 31.5 Å². The summed E-state index contributed by atoms with van der Waals surface area (Å²) in [6, 6.07) is 9.34. The molecule has 0 aliphatic carbocycles. The van der Waals surface area contributed by atoms with Crippen molar-refractivity contribution in [3.63, 3.8) is 0 Å². The van der Waals surface area contributed by atoms with E-state index in [4.69, 9.17) is 8.94 Å². The van der Waals surface area contributed by atoms with Crippen molar-refractivity contribution in [1.29, 1.82) is 0 Å². The molecule has 0 unspecified atom stereocenters. The highest BCUT2D eigenvalue weighted by molar-refractivity contribution is 5.74. The van der Waals surface area contributed by atoms with Gasteiger partial charge in [-0.3, -0.25) is 0 Å². The molecule has 1 aliphatic heterocycles. The van der Waals surface area contributed by atoms with E-state index in [0.717, 1.165) is 18.4 Å². The number of piperidine rings is 1. The van der Waals surface area contributed by atoms with Gasteiger partial charge >= 0.3 is 6.03 Å². The molecular formula is C18H20N6O3. The number of amides is 2. The summed E-state index contributed by atoms with van der Waals surface area (Å²) >= 11 is 0. The van der Waals surface area contributed by atoms with E-state index in [1.54, 1.807) is 11.8 Å². The van der Waals surface area contributed by atoms with Crippen molar-refractivity contribution in [3.05, 3.63) is 47.9 Å². The Balaban J connectivity index is 1.33. The minimum atomic E-state index is -0.167. The van der Waals surface area contributed by atoms with Crippen LogP contribution in [0.1, 0.15) is 36.4 Å². The van der Waals surface area contributed by atoms with Gasteiger partial charge in [0.1, 0.15) is 0 Å². The summed E-state index contributed by atoms with van der Waals surface area (Å²) in [5.74, 6) is 2.09. The number of aryl methyl sites for hydroxylation is 1. The van der Waals surface area contributed by atoms with Gasteiger partial charge in [-0.05, 0) is 25.0 Å². The Labute approximate surface area is 155 Å². The van der Waals surface area contributed by atoms with Gasteiger partial charge in [0.15, 0.2) is 5.82 Å². The lowest BCUT2D eigenvalue weighted by molar-refractivity contribution is 0.176. The summed E-state index contributed by atoms with van der Waals surface area (Å²) in [6.45, 7) is 3.20. The van der Waals surface area contributed by atoms with E-state index in [-0.39, 0.29) is 18.5 Å². The van der Waals surface area contributed by atoms with E-state index >= 15 is 0 Å². The molecule has 1 atom stereocenters. The lowest BCUT2D eigenvalue weighted by Crippen LogP contribution is -2.44. The maximum atomic E-state index is 12.5. The Bertz CT molecular complexity index is 907. The first-order valence-corrected chi connectivity index (χ1v) is 8.90. The van der Waals surface area contributed by atoms with Gasteiger partial charge in [-0.1, -0.05) is 23.4 Å². The van der Waals surface area contributed by atoms with Gasteiger partial charge in [0.25, 0.3) is 0 Å². The molecule has 1 aliphatic rings. The Kier molecular flexibility index (Phi) is 4.82. The van der Waals surface area contributed by atoms with E-state index in [1.807, 2.05) is 30.3 Å². The van der Waals surface area contributed by atoms with Crippen LogP contribution in [-0.2, 0) is 6.54 Å². The third-order valence-corrected chi connectivity index (χ3v) is 4.50. The second-order valence-corrected chi connectivity index (χ2v) is 6.48. The molecule has 2 amide bonds. The zero-order valence-electron chi connectivity index (χ0n) is 15.0. The van der Waals surface area contributed by atoms with Crippen LogP contribution in [0.15, 0.2) is 39.3 Å². The van der Waals surface area contributed by atoms with Crippen LogP contribution >= 0.6 is 0 Å². The largest absolute Gasteiger partial charge is 0.419 e. The molecule has 0 radical (unpaired) electrons. The fraction of sp³-hybridized carbons (Fsp3) is 0.389. The molecule has 0 spiro atoms. The zero-order valence-corrected chi connectivity index (χ0v) is 15.0. The SMILES string of the molecule is Cc1nc([C@@H]2CCCN(C(=O)NCc3nnc(-c4ccccc4)o3)C2)no1. The third-order valence-electron chi connectivity index (χ3n) is 4.50. The fourth-order valence-electron chi connectivity index (χ4n) is 3.14. The highest BCUT2D eigenvalue weighted by Crippen LogP contribution is 2.25. The molecular weight excluding hydrogens is 348 g/mol. The minimum absolute atomic E-state index is 0.0926. The van der Waals surface area contributed by atoms with Crippen LogP contribution in [0.5, 0.6) is 0 Å². The van der Waals surface area contributed by atoms with E-state index < -0.39 is 0 Å². The Morgan fingerprint density at radius 1 is 1.30 bits per heavy atom. The van der Waals surface area contributed by atoms with Gasteiger partial charge in [-0.15, -0.1) is 10.2 Å². The van der Waals surface area contributed by atoms with E-state index in [0.29, 0.717) is 36.6 Å². The predicted octanol–water partition coefficient (Wildman–Crippen LogP) is 2.52. The summed E-state index contributed by atoms with van der Waals surface area (Å²) in [4.78, 5) is 18.5. The molecule has 3 aromatic rings. The van der Waals surface area contributed by atoms with E-state index in [9.17, 15) is 4.79 Å². The molecule has 9 nitrogen and oxygen atoms in total. The van der Waals surface area contributed by atoms with Crippen LogP contribution in [0.2, 0.25) is 0 Å². The number of likely N-dealkylation sites (tertiary alicyclic amines) is 1. The van der Waals surface area contributed by atoms with Gasteiger partial charge in [0.2, 0.25) is 17.7 Å². The number of rotatable bonds is 4. The smallest absolute Gasteiger partial charge is 0.317 e. The van der Waals surface area contributed by atoms with Crippen molar-refractivity contribution < 1.29 is 13.7 Å². The first kappa shape index (κ1) is 17.2. The molecule has 0 bridgehead atoms. The number of nitrogens with one attached hydrogen (secondary N) is 1. The van der Waals surface area contributed by atoms with Crippen LogP contribution in [0.4, 0.5) is 4.79 Å². The number of carbonyl (C=O) groups is 1. The number of aromatic nitrogens is 4. The molecule has 1 aromatic carbocycles. The number of carbonyl (C=O) groups excluding carboxylic acids is 1. The molecule has 27 heavy (non-hydrogen) atoms. The second-order valence-electron chi connectivity index (χ2n) is 6.48. The number of hydrogen-bond donors (Lipinski definition) is 1. The molecule has 4 rings (SSSR count). The maximum Gasteiger partial charge on any atom is 0.317 e.